The van der Waals surface area contributed by atoms with Gasteiger partial charge in [0, 0.05) is 51.7 Å². The van der Waals surface area contributed by atoms with Crippen molar-refractivity contribution in [2.75, 3.05) is 32.7 Å². The molecule has 1 atom stereocenters. The van der Waals surface area contributed by atoms with E-state index in [1.54, 1.807) is 0 Å². The van der Waals surface area contributed by atoms with Crippen LogP contribution < -0.4 is 0 Å². The van der Waals surface area contributed by atoms with Crippen molar-refractivity contribution in [3.8, 4) is 0 Å². The lowest BCUT2D eigenvalue weighted by Gasteiger charge is -2.46. The van der Waals surface area contributed by atoms with Crippen molar-refractivity contribution >= 4 is 22.9 Å². The highest BCUT2D eigenvalue weighted by Gasteiger charge is 2.30. The summed E-state index contributed by atoms with van der Waals surface area (Å²) in [7, 11) is 0. The van der Waals surface area contributed by atoms with Gasteiger partial charge >= 0.3 is 0 Å². The van der Waals surface area contributed by atoms with Crippen LogP contribution in [-0.2, 0) is 13.1 Å². The summed E-state index contributed by atoms with van der Waals surface area (Å²) in [6, 6.07) is 21.6. The second kappa shape index (κ2) is 9.08. The first-order chi connectivity index (χ1) is 13.3. The summed E-state index contributed by atoms with van der Waals surface area (Å²) in [4.78, 5) is 7.73. The van der Waals surface area contributed by atoms with Crippen LogP contribution >= 0.6 is 22.9 Å². The maximum absolute atomic E-state index is 2.65. The van der Waals surface area contributed by atoms with Crippen molar-refractivity contribution in [2.45, 2.75) is 19.3 Å². The van der Waals surface area contributed by atoms with Crippen LogP contribution in [0.2, 0.25) is 0 Å². The van der Waals surface area contributed by atoms with E-state index in [1.807, 2.05) is 0 Å². The van der Waals surface area contributed by atoms with Crippen molar-refractivity contribution in [2.24, 2.45) is 0 Å². The average molecular weight is 474 g/mol. The van der Waals surface area contributed by atoms with E-state index in [-0.39, 0.29) is 0 Å². The molecule has 1 unspecified atom stereocenters. The summed E-state index contributed by atoms with van der Waals surface area (Å²) in [5, 5.41) is 0. The second-order valence-electron chi connectivity index (χ2n) is 7.32. The molecular weight excluding hydrogens is 447 g/mol. The van der Waals surface area contributed by atoms with E-state index in [0.717, 1.165) is 45.8 Å². The average Bonchev–Trinajstić information content (AvgIpc) is 2.72. The Balaban J connectivity index is 1.37. The van der Waals surface area contributed by atoms with Crippen molar-refractivity contribution < 1.29 is 0 Å². The third-order valence-corrected chi connectivity index (χ3v) is 6.14. The molecule has 0 bridgehead atoms. The van der Waals surface area contributed by atoms with Gasteiger partial charge in [-0.3, -0.25) is 9.80 Å². The van der Waals surface area contributed by atoms with Gasteiger partial charge in [0.25, 0.3) is 0 Å². The highest BCUT2D eigenvalue weighted by molar-refractivity contribution is 14.1. The van der Waals surface area contributed by atoms with Gasteiger partial charge < -0.3 is 8.01 Å². The van der Waals surface area contributed by atoms with E-state index in [0.29, 0.717) is 6.17 Å². The fourth-order valence-electron chi connectivity index (χ4n) is 3.92. The summed E-state index contributed by atoms with van der Waals surface area (Å²) in [6.45, 7) is 7.60. The Hall–Kier alpha value is -1.57. The molecule has 2 aromatic carbocycles. The summed E-state index contributed by atoms with van der Waals surface area (Å²) in [6.07, 6.45) is 4.88. The summed E-state index contributed by atoms with van der Waals surface area (Å²) in [5.41, 5.74) is 2.78. The van der Waals surface area contributed by atoms with E-state index >= 15 is 0 Å². The lowest BCUT2D eigenvalue weighted by Crippen LogP contribution is -2.58. The Morgan fingerprint density at radius 1 is 0.741 bits per heavy atom. The number of rotatable bonds is 5. The normalized spacial score (nSPS) is 21.6. The Morgan fingerprint density at radius 2 is 1.33 bits per heavy atom. The van der Waals surface area contributed by atoms with Gasteiger partial charge in [-0.1, -0.05) is 60.7 Å². The molecular formula is C22H27IN4. The predicted octanol–water partition coefficient (Wildman–Crippen LogP) is 3.77. The minimum atomic E-state index is 0.436. The summed E-state index contributed by atoms with van der Waals surface area (Å²) >= 11 is 2.41. The molecule has 2 aliphatic heterocycles. The molecule has 4 rings (SSSR count). The van der Waals surface area contributed by atoms with Gasteiger partial charge in [0.15, 0.2) is 0 Å². The van der Waals surface area contributed by atoms with Crippen LogP contribution in [0.5, 0.6) is 0 Å². The highest BCUT2D eigenvalue weighted by atomic mass is 127. The maximum atomic E-state index is 2.65. The van der Waals surface area contributed by atoms with E-state index in [2.05, 4.69) is 114 Å². The lowest BCUT2D eigenvalue weighted by atomic mass is 10.1. The molecule has 5 heteroatoms. The molecule has 0 aromatic heterocycles. The molecule has 1 fully saturated rings. The van der Waals surface area contributed by atoms with Gasteiger partial charge in [0.1, 0.15) is 6.17 Å². The van der Waals surface area contributed by atoms with Gasteiger partial charge in [0.05, 0.1) is 29.4 Å². The zero-order valence-corrected chi connectivity index (χ0v) is 17.8. The van der Waals surface area contributed by atoms with Gasteiger partial charge in [-0.05, 0) is 11.1 Å². The van der Waals surface area contributed by atoms with Crippen LogP contribution in [0.4, 0.5) is 0 Å². The Morgan fingerprint density at radius 3 is 1.96 bits per heavy atom. The van der Waals surface area contributed by atoms with E-state index in [4.69, 9.17) is 0 Å². The zero-order chi connectivity index (χ0) is 18.5. The largest absolute Gasteiger partial charge is 0.354 e. The monoisotopic (exact) mass is 474 g/mol. The van der Waals surface area contributed by atoms with Gasteiger partial charge in [-0.25, -0.2) is 0 Å². The highest BCUT2D eigenvalue weighted by Crippen LogP contribution is 2.22. The van der Waals surface area contributed by atoms with Gasteiger partial charge in [-0.15, -0.1) is 0 Å². The quantitative estimate of drug-likeness (QED) is 0.483. The molecule has 2 aromatic rings. The molecule has 0 saturated carbocycles. The molecule has 4 nitrogen and oxygen atoms in total. The standard InChI is InChI=1S/C22H27IN4/c23-27-16-15-26(18-21-9-5-2-6-10-21)22(19-27)25-13-11-24(12-14-25)17-20-7-3-1-4-8-20/h1-10,15-16,22H,11-14,17-19H2. The number of benzene rings is 2. The number of piperazine rings is 1. The molecule has 142 valence electrons. The van der Waals surface area contributed by atoms with Crippen molar-refractivity contribution in [1.29, 1.82) is 0 Å². The summed E-state index contributed by atoms with van der Waals surface area (Å²) < 4.78 is 2.28. The van der Waals surface area contributed by atoms with E-state index < -0.39 is 0 Å². The first kappa shape index (κ1) is 18.8. The van der Waals surface area contributed by atoms with E-state index in [1.165, 1.54) is 11.1 Å². The van der Waals surface area contributed by atoms with Crippen molar-refractivity contribution in [3.05, 3.63) is 84.2 Å². The number of hydrogen-bond acceptors (Lipinski definition) is 4. The number of nitrogens with zero attached hydrogens (tertiary/aromatic N) is 4. The minimum Gasteiger partial charge on any atom is -0.354 e. The third-order valence-electron chi connectivity index (χ3n) is 5.43. The Kier molecular flexibility index (Phi) is 6.32. The number of halogens is 1. The van der Waals surface area contributed by atoms with Crippen LogP contribution in [0.1, 0.15) is 11.1 Å². The van der Waals surface area contributed by atoms with Gasteiger partial charge in [0.2, 0.25) is 0 Å². The molecule has 2 heterocycles. The molecule has 27 heavy (non-hydrogen) atoms. The SMILES string of the molecule is IN1C=CN(Cc2ccccc2)C(N2CCN(Cc3ccccc3)CC2)C1. The number of hydrogen-bond donors (Lipinski definition) is 0. The molecule has 2 aliphatic rings. The van der Waals surface area contributed by atoms with Crippen LogP contribution in [-0.4, -0.2) is 56.7 Å². The minimum absolute atomic E-state index is 0.436. The maximum Gasteiger partial charge on any atom is 0.101 e. The zero-order valence-electron chi connectivity index (χ0n) is 15.6. The summed E-state index contributed by atoms with van der Waals surface area (Å²) in [5.74, 6) is 0. The third kappa shape index (κ3) is 5.03. The Bertz CT molecular complexity index is 728. The molecule has 0 radical (unpaired) electrons. The van der Waals surface area contributed by atoms with Crippen molar-refractivity contribution in [3.63, 3.8) is 0 Å². The van der Waals surface area contributed by atoms with Crippen LogP contribution in [0, 0.1) is 0 Å². The molecule has 0 amide bonds. The van der Waals surface area contributed by atoms with Crippen LogP contribution in [0.25, 0.3) is 0 Å². The molecule has 0 aliphatic carbocycles. The van der Waals surface area contributed by atoms with Crippen LogP contribution in [0.15, 0.2) is 73.1 Å². The lowest BCUT2D eigenvalue weighted by molar-refractivity contribution is 0.0145. The fraction of sp³-hybridized carbons (Fsp3) is 0.364. The second-order valence-corrected chi connectivity index (χ2v) is 8.56. The first-order valence-corrected chi connectivity index (χ1v) is 10.7. The predicted molar refractivity (Wildman–Crippen MR) is 119 cm³/mol. The van der Waals surface area contributed by atoms with Crippen LogP contribution in [0.3, 0.4) is 0 Å². The molecule has 0 N–H and O–H groups in total. The molecule has 1 saturated heterocycles. The fourth-order valence-corrected chi connectivity index (χ4v) is 4.41. The Labute approximate surface area is 176 Å². The first-order valence-electron chi connectivity index (χ1n) is 9.69. The van der Waals surface area contributed by atoms with Gasteiger partial charge in [-0.2, -0.15) is 0 Å². The topological polar surface area (TPSA) is 13.0 Å². The molecule has 0 spiro atoms. The van der Waals surface area contributed by atoms with Crippen molar-refractivity contribution in [1.82, 2.24) is 17.8 Å². The smallest absolute Gasteiger partial charge is 0.101 e. The van der Waals surface area contributed by atoms with E-state index in [9.17, 15) is 0 Å².